The van der Waals surface area contributed by atoms with Crippen molar-refractivity contribution in [2.24, 2.45) is 0 Å². The average molecular weight is 101 g/mol. The molecular formula is C6H8LiN. The molecule has 0 aliphatic rings. The monoisotopic (exact) mass is 101 g/mol. The maximum absolute atomic E-state index is 2.89. The van der Waals surface area contributed by atoms with Gasteiger partial charge in [0.25, 0.3) is 0 Å². The van der Waals surface area contributed by atoms with Crippen LogP contribution in [-0.4, -0.2) is 0 Å². The van der Waals surface area contributed by atoms with Crippen molar-refractivity contribution < 1.29 is 18.9 Å². The summed E-state index contributed by atoms with van der Waals surface area (Å²) in [7, 11) is 0. The second-order valence-corrected chi connectivity index (χ2v) is 1.08. The minimum atomic E-state index is 0. The molecule has 1 aromatic rings. The van der Waals surface area contributed by atoms with Gasteiger partial charge in [0.1, 0.15) is 0 Å². The molecule has 0 unspecified atom stereocenters. The van der Waals surface area contributed by atoms with E-state index in [9.17, 15) is 0 Å². The van der Waals surface area contributed by atoms with E-state index >= 15 is 0 Å². The molecule has 38 valence electrons. The maximum Gasteiger partial charge on any atom is 1.00 e. The molecule has 1 nitrogen and oxygen atoms in total. The zero-order valence-electron chi connectivity index (χ0n) is 5.09. The van der Waals surface area contributed by atoms with Gasteiger partial charge < -0.3 is 6.15 Å². The molecule has 0 fully saturated rings. The number of rotatable bonds is 0. The van der Waals surface area contributed by atoms with Crippen LogP contribution in [0.2, 0.25) is 0 Å². The first kappa shape index (κ1) is 10.7. The zero-order valence-corrected chi connectivity index (χ0v) is 5.09. The second-order valence-electron chi connectivity index (χ2n) is 1.08. The van der Waals surface area contributed by atoms with Crippen LogP contribution >= 0.6 is 0 Å². The fourth-order valence-corrected chi connectivity index (χ4v) is 0.342. The van der Waals surface area contributed by atoms with Crippen LogP contribution in [-0.2, 0) is 0 Å². The van der Waals surface area contributed by atoms with Crippen molar-refractivity contribution in [2.45, 2.75) is 0 Å². The molecule has 0 spiro atoms. The SMILES string of the molecule is N.[Li+].[c-]1ccccc1. The van der Waals surface area contributed by atoms with E-state index in [4.69, 9.17) is 0 Å². The molecule has 0 heterocycles. The maximum atomic E-state index is 2.89. The molecule has 0 aliphatic carbocycles. The van der Waals surface area contributed by atoms with E-state index in [1.807, 2.05) is 30.3 Å². The van der Waals surface area contributed by atoms with Gasteiger partial charge in [0.15, 0.2) is 0 Å². The molecule has 0 saturated heterocycles. The quantitative estimate of drug-likeness (QED) is 0.318. The van der Waals surface area contributed by atoms with Crippen LogP contribution in [0, 0.1) is 6.07 Å². The summed E-state index contributed by atoms with van der Waals surface area (Å²) in [5.74, 6) is 0. The van der Waals surface area contributed by atoms with E-state index in [-0.39, 0.29) is 25.0 Å². The Labute approximate surface area is 61.9 Å². The Balaban J connectivity index is 0. The summed E-state index contributed by atoms with van der Waals surface area (Å²) in [6.45, 7) is 0. The zero-order chi connectivity index (χ0) is 4.24. The van der Waals surface area contributed by atoms with Crippen molar-refractivity contribution in [1.82, 2.24) is 6.15 Å². The Kier molecular flexibility index (Phi) is 9.07. The van der Waals surface area contributed by atoms with Crippen LogP contribution in [0.25, 0.3) is 0 Å². The van der Waals surface area contributed by atoms with Gasteiger partial charge in [-0.25, -0.2) is 0 Å². The predicted octanol–water partition coefficient (Wildman–Crippen LogP) is -1.35. The molecule has 0 aromatic heterocycles. The topological polar surface area (TPSA) is 35.0 Å². The molecule has 0 radical (unpaired) electrons. The van der Waals surface area contributed by atoms with Gasteiger partial charge in [0.2, 0.25) is 0 Å². The summed E-state index contributed by atoms with van der Waals surface area (Å²) in [6.07, 6.45) is 0. The predicted molar refractivity (Wildman–Crippen MR) is 30.3 cm³/mol. The van der Waals surface area contributed by atoms with E-state index in [1.54, 1.807) is 0 Å². The Morgan fingerprint density at radius 3 is 1.50 bits per heavy atom. The second kappa shape index (κ2) is 6.78. The van der Waals surface area contributed by atoms with Gasteiger partial charge in [-0.05, 0) is 0 Å². The number of hydrogen-bond acceptors (Lipinski definition) is 1. The first-order chi connectivity index (χ1) is 3.00. The van der Waals surface area contributed by atoms with E-state index in [2.05, 4.69) is 6.07 Å². The molecule has 1 aromatic carbocycles. The van der Waals surface area contributed by atoms with E-state index in [1.165, 1.54) is 0 Å². The minimum absolute atomic E-state index is 0. The summed E-state index contributed by atoms with van der Waals surface area (Å²) in [5, 5.41) is 0. The van der Waals surface area contributed by atoms with Crippen molar-refractivity contribution in [2.75, 3.05) is 0 Å². The van der Waals surface area contributed by atoms with E-state index in [0.717, 1.165) is 0 Å². The molecule has 0 aliphatic heterocycles. The van der Waals surface area contributed by atoms with Gasteiger partial charge in [-0.2, -0.15) is 36.4 Å². The van der Waals surface area contributed by atoms with Crippen LogP contribution < -0.4 is 25.0 Å². The van der Waals surface area contributed by atoms with Gasteiger partial charge in [0, 0.05) is 0 Å². The number of benzene rings is 1. The first-order valence-electron chi connectivity index (χ1n) is 1.91. The van der Waals surface area contributed by atoms with Gasteiger partial charge in [0.05, 0.1) is 0 Å². The van der Waals surface area contributed by atoms with Crippen molar-refractivity contribution >= 4 is 0 Å². The van der Waals surface area contributed by atoms with Crippen molar-refractivity contribution in [3.8, 4) is 0 Å². The Morgan fingerprint density at radius 2 is 1.38 bits per heavy atom. The summed E-state index contributed by atoms with van der Waals surface area (Å²) in [6, 6.07) is 12.5. The molecule has 8 heavy (non-hydrogen) atoms. The first-order valence-corrected chi connectivity index (χ1v) is 1.91. The summed E-state index contributed by atoms with van der Waals surface area (Å²) < 4.78 is 0. The van der Waals surface area contributed by atoms with Gasteiger partial charge in [-0.3, -0.25) is 0 Å². The molecule has 0 bridgehead atoms. The average Bonchev–Trinajstić information content (AvgIpc) is 1.72. The molecule has 2 heteroatoms. The van der Waals surface area contributed by atoms with Crippen molar-refractivity contribution in [3.63, 3.8) is 0 Å². The van der Waals surface area contributed by atoms with Gasteiger partial charge in [-0.1, -0.05) is 0 Å². The smallest absolute Gasteiger partial charge is 0.344 e. The summed E-state index contributed by atoms with van der Waals surface area (Å²) >= 11 is 0. The van der Waals surface area contributed by atoms with Gasteiger partial charge in [-0.15, -0.1) is 0 Å². The third kappa shape index (κ3) is 3.95. The molecule has 3 N–H and O–H groups in total. The Morgan fingerprint density at radius 1 is 0.875 bits per heavy atom. The fourth-order valence-electron chi connectivity index (χ4n) is 0.342. The molecule has 0 saturated carbocycles. The standard InChI is InChI=1S/C6H5.Li.H3N/c1-2-4-6-5-3-1;;/h1-5H;;1H3/q-1;+1;. The molecular weight excluding hydrogens is 93.0 g/mol. The largest absolute Gasteiger partial charge is 1.00 e. The van der Waals surface area contributed by atoms with Crippen molar-refractivity contribution in [3.05, 3.63) is 36.4 Å². The molecule has 0 amide bonds. The molecule has 0 atom stereocenters. The van der Waals surface area contributed by atoms with Crippen molar-refractivity contribution in [1.29, 1.82) is 0 Å². The molecule has 1 rings (SSSR count). The third-order valence-electron chi connectivity index (χ3n) is 0.607. The third-order valence-corrected chi connectivity index (χ3v) is 0.607. The van der Waals surface area contributed by atoms with Crippen LogP contribution in [0.3, 0.4) is 0 Å². The van der Waals surface area contributed by atoms with Crippen LogP contribution in [0.5, 0.6) is 0 Å². The summed E-state index contributed by atoms with van der Waals surface area (Å²) in [5.41, 5.74) is 0. The van der Waals surface area contributed by atoms with E-state index < -0.39 is 0 Å². The van der Waals surface area contributed by atoms with E-state index in [0.29, 0.717) is 0 Å². The van der Waals surface area contributed by atoms with Crippen LogP contribution in [0.1, 0.15) is 0 Å². The normalized spacial score (nSPS) is 6.00. The minimum Gasteiger partial charge on any atom is -0.344 e. The summed E-state index contributed by atoms with van der Waals surface area (Å²) in [4.78, 5) is 0. The number of hydrogen-bond donors (Lipinski definition) is 1. The Bertz CT molecular complexity index is 80.5. The Hall–Kier alpha value is -0.223. The van der Waals surface area contributed by atoms with Crippen LogP contribution in [0.15, 0.2) is 30.3 Å². The van der Waals surface area contributed by atoms with Crippen LogP contribution in [0.4, 0.5) is 0 Å². The van der Waals surface area contributed by atoms with Gasteiger partial charge >= 0.3 is 18.9 Å². The fraction of sp³-hybridized carbons (Fsp3) is 0.